The Morgan fingerprint density at radius 1 is 1.29 bits per heavy atom. The minimum Gasteiger partial charge on any atom is -0.448 e. The molecule has 1 unspecified atom stereocenters. The first kappa shape index (κ1) is 11.2. The molecule has 1 aromatic carbocycles. The van der Waals surface area contributed by atoms with Gasteiger partial charge < -0.3 is 4.52 Å². The van der Waals surface area contributed by atoms with E-state index in [1.54, 1.807) is 24.3 Å². The van der Waals surface area contributed by atoms with Gasteiger partial charge in [-0.25, -0.2) is 4.79 Å². The molecule has 1 rings (SSSR count). The molecule has 0 fully saturated rings. The van der Waals surface area contributed by atoms with E-state index in [4.69, 9.17) is 11.6 Å². The molecule has 3 nitrogen and oxygen atoms in total. The molecule has 0 radical (unpaired) electrons. The molecule has 0 saturated heterocycles. The lowest BCUT2D eigenvalue weighted by Crippen LogP contribution is -1.99. The predicted molar refractivity (Wildman–Crippen MR) is 56.1 cm³/mol. The summed E-state index contributed by atoms with van der Waals surface area (Å²) in [5, 5.41) is -0.425. The molecule has 0 aliphatic carbocycles. The molecular weight excluding hydrogens is 223 g/mol. The second-order valence-electron chi connectivity index (χ2n) is 2.63. The summed E-state index contributed by atoms with van der Waals surface area (Å²) in [6.07, 6.45) is 0.164. The van der Waals surface area contributed by atoms with Crippen molar-refractivity contribution in [1.82, 2.24) is 0 Å². The van der Waals surface area contributed by atoms with E-state index in [9.17, 15) is 9.59 Å². The fraction of sp³-hybridized carbons (Fsp3) is 0.111. The van der Waals surface area contributed by atoms with Crippen molar-refractivity contribution in [1.29, 1.82) is 0 Å². The molecule has 1 atom stereocenters. The lowest BCUT2D eigenvalue weighted by atomic mass is 10.1. The zero-order valence-corrected chi connectivity index (χ0v) is 9.11. The van der Waals surface area contributed by atoms with Gasteiger partial charge in [0, 0.05) is 6.42 Å². The predicted octanol–water partition coefficient (Wildman–Crippen LogP) is 1.94. The van der Waals surface area contributed by atoms with E-state index in [2.05, 4.69) is 4.52 Å². The van der Waals surface area contributed by atoms with Gasteiger partial charge in [0.1, 0.15) is 0 Å². The molecule has 0 bridgehead atoms. The lowest BCUT2D eigenvalue weighted by Gasteiger charge is -2.00. The van der Waals surface area contributed by atoms with Gasteiger partial charge in [-0.2, -0.15) is 0 Å². The third kappa shape index (κ3) is 3.09. The Morgan fingerprint density at radius 3 is 2.29 bits per heavy atom. The molecule has 74 valence electrons. The first-order chi connectivity index (χ1) is 6.63. The fourth-order valence-electron chi connectivity index (χ4n) is 0.987. The van der Waals surface area contributed by atoms with E-state index in [-0.39, 0.29) is 6.42 Å². The highest BCUT2D eigenvalue weighted by Gasteiger charge is 2.05. The summed E-state index contributed by atoms with van der Waals surface area (Å²) in [6.45, 7) is 0. The Kier molecular flexibility index (Phi) is 4.05. The summed E-state index contributed by atoms with van der Waals surface area (Å²) in [6, 6.07) is 6.50. The van der Waals surface area contributed by atoms with Gasteiger partial charge in [-0.15, -0.1) is 0 Å². The van der Waals surface area contributed by atoms with Crippen LogP contribution >= 0.6 is 21.1 Å². The van der Waals surface area contributed by atoms with E-state index < -0.39 is 11.2 Å². The van der Waals surface area contributed by atoms with Crippen LogP contribution in [-0.4, -0.2) is 11.2 Å². The van der Waals surface area contributed by atoms with Crippen molar-refractivity contribution in [2.75, 3.05) is 0 Å². The van der Waals surface area contributed by atoms with Gasteiger partial charge in [-0.05, 0) is 29.3 Å². The van der Waals surface area contributed by atoms with Crippen molar-refractivity contribution in [2.45, 2.75) is 6.42 Å². The molecule has 0 saturated carbocycles. The maximum atomic E-state index is 11.0. The average molecular weight is 231 g/mol. The van der Waals surface area contributed by atoms with Crippen molar-refractivity contribution in [3.63, 3.8) is 0 Å². The van der Waals surface area contributed by atoms with Crippen LogP contribution in [0.25, 0.3) is 0 Å². The summed E-state index contributed by atoms with van der Waals surface area (Å²) in [4.78, 5) is 21.6. The summed E-state index contributed by atoms with van der Waals surface area (Å²) >= 11 is 5.21. The van der Waals surface area contributed by atoms with Crippen LogP contribution in [0, 0.1) is 0 Å². The number of halogens is 1. The van der Waals surface area contributed by atoms with Crippen LogP contribution in [0.15, 0.2) is 24.3 Å². The maximum Gasteiger partial charge on any atom is 0.340 e. The normalized spacial score (nSPS) is 9.57. The zero-order valence-electron chi connectivity index (χ0n) is 7.20. The maximum absolute atomic E-state index is 11.0. The number of hydrogen-bond acceptors (Lipinski definition) is 3. The Balaban J connectivity index is 2.78. The van der Waals surface area contributed by atoms with Crippen molar-refractivity contribution in [3.8, 4) is 0 Å². The summed E-state index contributed by atoms with van der Waals surface area (Å²) in [7, 11) is 1.88. The Labute approximate surface area is 88.7 Å². The smallest absolute Gasteiger partial charge is 0.340 e. The Morgan fingerprint density at radius 2 is 1.86 bits per heavy atom. The van der Waals surface area contributed by atoms with Gasteiger partial charge in [-0.3, -0.25) is 4.79 Å². The molecule has 0 heterocycles. The molecule has 14 heavy (non-hydrogen) atoms. The molecule has 0 amide bonds. The van der Waals surface area contributed by atoms with Crippen LogP contribution in [0.3, 0.4) is 0 Å². The van der Waals surface area contributed by atoms with Crippen LogP contribution in [0.4, 0.5) is 0 Å². The van der Waals surface area contributed by atoms with Crippen LogP contribution in [0.1, 0.15) is 15.9 Å². The molecule has 0 spiro atoms. The largest absolute Gasteiger partial charge is 0.448 e. The second kappa shape index (κ2) is 5.08. The van der Waals surface area contributed by atoms with Crippen molar-refractivity contribution in [3.05, 3.63) is 35.4 Å². The third-order valence-electron chi connectivity index (χ3n) is 1.64. The highest BCUT2D eigenvalue weighted by molar-refractivity contribution is 7.10. The zero-order chi connectivity index (χ0) is 10.6. The summed E-state index contributed by atoms with van der Waals surface area (Å²) in [5.41, 5.74) is 1.20. The van der Waals surface area contributed by atoms with Gasteiger partial charge in [0.2, 0.25) is 5.24 Å². The molecule has 0 aliphatic heterocycles. The monoisotopic (exact) mass is 230 g/mol. The molecule has 0 aromatic heterocycles. The molecule has 1 aromatic rings. The minimum absolute atomic E-state index is 0.164. The molecule has 5 heteroatoms. The number of rotatable bonds is 3. The van der Waals surface area contributed by atoms with Gasteiger partial charge in [0.05, 0.1) is 15.0 Å². The molecule has 0 aliphatic rings. The Bertz CT molecular complexity index is 348. The highest BCUT2D eigenvalue weighted by atomic mass is 35.5. The van der Waals surface area contributed by atoms with Crippen LogP contribution < -0.4 is 0 Å². The van der Waals surface area contributed by atoms with Crippen LogP contribution in [-0.2, 0) is 15.7 Å². The topological polar surface area (TPSA) is 43.4 Å². The van der Waals surface area contributed by atoms with Crippen LogP contribution in [0.5, 0.6) is 0 Å². The van der Waals surface area contributed by atoms with Gasteiger partial charge >= 0.3 is 5.97 Å². The lowest BCUT2D eigenvalue weighted by molar-refractivity contribution is -0.111. The number of hydrogen-bond donors (Lipinski definition) is 0. The number of benzene rings is 1. The van der Waals surface area contributed by atoms with E-state index in [1.807, 2.05) is 9.47 Å². The van der Waals surface area contributed by atoms with E-state index in [0.29, 0.717) is 5.56 Å². The summed E-state index contributed by atoms with van der Waals surface area (Å²) < 4.78 is 4.44. The van der Waals surface area contributed by atoms with Gasteiger partial charge in [0.25, 0.3) is 0 Å². The van der Waals surface area contributed by atoms with Crippen molar-refractivity contribution >= 4 is 32.3 Å². The van der Waals surface area contributed by atoms with E-state index >= 15 is 0 Å². The SMILES string of the molecule is O=C(Cl)Cc1ccc(C(=O)OP)cc1. The van der Waals surface area contributed by atoms with Gasteiger partial charge in [-0.1, -0.05) is 12.1 Å². The van der Waals surface area contributed by atoms with Gasteiger partial charge in [0.15, 0.2) is 0 Å². The number of carbonyl (C=O) groups is 2. The fourth-order valence-corrected chi connectivity index (χ4v) is 1.28. The Hall–Kier alpha value is -0.920. The quantitative estimate of drug-likeness (QED) is 0.589. The number of carbonyl (C=O) groups excluding carboxylic acids is 2. The van der Waals surface area contributed by atoms with Crippen LogP contribution in [0.2, 0.25) is 0 Å². The first-order valence-electron chi connectivity index (χ1n) is 3.82. The second-order valence-corrected chi connectivity index (χ2v) is 3.29. The molecule has 0 N–H and O–H groups in total. The van der Waals surface area contributed by atoms with Crippen molar-refractivity contribution in [2.24, 2.45) is 0 Å². The van der Waals surface area contributed by atoms with Crippen molar-refractivity contribution < 1.29 is 14.1 Å². The molecular formula is C9H8ClO3P. The van der Waals surface area contributed by atoms with E-state index in [1.165, 1.54) is 0 Å². The minimum atomic E-state index is -0.432. The third-order valence-corrected chi connectivity index (χ3v) is 1.99. The standard InChI is InChI=1S/C9H8ClO3P/c10-8(11)5-6-1-3-7(4-2-6)9(12)13-14/h1-4H,5,14H2. The average Bonchev–Trinajstić information content (AvgIpc) is 2.17. The van der Waals surface area contributed by atoms with E-state index in [0.717, 1.165) is 5.56 Å². The summed E-state index contributed by atoms with van der Waals surface area (Å²) in [5.74, 6) is -0.432. The first-order valence-corrected chi connectivity index (χ1v) is 4.66. The highest BCUT2D eigenvalue weighted by Crippen LogP contribution is 2.08.